The number of fused-ring (bicyclic) bond motifs is 30. The molecule has 6 aliphatic rings. The fourth-order valence-corrected chi connectivity index (χ4v) is 22.9. The molecule has 1 atom stereocenters. The molecule has 6 aliphatic carbocycles. The molecule has 0 bridgehead atoms. The molecule has 19 aromatic rings. The predicted octanol–water partition coefficient (Wildman–Crippen LogP) is 30.0. The van der Waals surface area contributed by atoms with E-state index in [0.717, 1.165) is 72.8 Å². The Balaban J connectivity index is 0.639. The quantitative estimate of drug-likeness (QED) is 0.144. The lowest BCUT2D eigenvalue weighted by atomic mass is 9.70. The number of rotatable bonds is 9. The van der Waals surface area contributed by atoms with Crippen LogP contribution >= 0.6 is 0 Å². The molecule has 18 aromatic carbocycles. The van der Waals surface area contributed by atoms with Gasteiger partial charge in [-0.1, -0.05) is 337 Å². The Morgan fingerprint density at radius 1 is 0.197 bits per heavy atom. The number of furan rings is 1. The summed E-state index contributed by atoms with van der Waals surface area (Å²) in [5, 5.41) is 4.52. The average molecular weight is 1490 g/mol. The summed E-state index contributed by atoms with van der Waals surface area (Å²) in [7, 11) is 0. The second-order valence-corrected chi connectivity index (χ2v) is 33.9. The minimum absolute atomic E-state index is 0.224. The summed E-state index contributed by atoms with van der Waals surface area (Å²) in [6.45, 7) is 9.61. The number of nitrogens with zero attached hydrogens (tertiary/aromatic N) is 2. The van der Waals surface area contributed by atoms with E-state index < -0.39 is 10.8 Å². The number of para-hydroxylation sites is 2. The van der Waals surface area contributed by atoms with Crippen LogP contribution < -0.4 is 9.80 Å². The van der Waals surface area contributed by atoms with Crippen molar-refractivity contribution in [2.75, 3.05) is 9.80 Å². The molecule has 3 nitrogen and oxygen atoms in total. The predicted molar refractivity (Wildman–Crippen MR) is 485 cm³/mol. The standard InChI is InChI=1S/C114H76N2O/c1-111(2)94-44-16-7-35-80(94)88-40-26-42-90(109(88)111)85-38-14-23-51-105(85)115(72-56-59-83-78-33-11-20-48-98(78)113(102(83)66-72)96-46-18-9-31-76(96)77-32-10-19-47-97(77)113)74-58-61-87-93-65-71(55-63-107(93)117-108(87)68-74)70-54-62-101-92(64-70)82-37-13-22-50-100(82)114(101)99-49-21-12-34-79(99)84-60-57-73(67-103(84)114)116(104-53-25-29-69-28-5-6-30-75(69)104)106-52-24-15-39-86(106)91-43-27-41-89-81-36-8-17-45-95(81)112(3,4)110(89)91/h5-68H,1-4H3. The summed E-state index contributed by atoms with van der Waals surface area (Å²) < 4.78 is 7.21. The van der Waals surface area contributed by atoms with Crippen LogP contribution in [0.25, 0.3) is 133 Å². The lowest BCUT2D eigenvalue weighted by molar-refractivity contribution is 0.662. The maximum atomic E-state index is 7.21. The molecule has 0 amide bonds. The molecule has 0 aliphatic heterocycles. The van der Waals surface area contributed by atoms with Gasteiger partial charge in [0.15, 0.2) is 0 Å². The maximum Gasteiger partial charge on any atom is 0.137 e. The van der Waals surface area contributed by atoms with Crippen LogP contribution in [0.1, 0.15) is 94.5 Å². The van der Waals surface area contributed by atoms with Gasteiger partial charge in [-0.25, -0.2) is 0 Å². The van der Waals surface area contributed by atoms with Gasteiger partial charge in [0.1, 0.15) is 11.2 Å². The van der Waals surface area contributed by atoms with Crippen molar-refractivity contribution in [1.29, 1.82) is 0 Å². The van der Waals surface area contributed by atoms with Gasteiger partial charge in [0.2, 0.25) is 0 Å². The number of hydrogen-bond acceptors (Lipinski definition) is 3. The Hall–Kier alpha value is -14.4. The number of hydrogen-bond donors (Lipinski definition) is 0. The van der Waals surface area contributed by atoms with Crippen molar-refractivity contribution in [3.8, 4) is 100 Å². The summed E-state index contributed by atoms with van der Waals surface area (Å²) in [6, 6.07) is 147. The topological polar surface area (TPSA) is 19.6 Å². The zero-order valence-corrected chi connectivity index (χ0v) is 65.3. The summed E-state index contributed by atoms with van der Waals surface area (Å²) in [6.07, 6.45) is 0. The van der Waals surface area contributed by atoms with Gasteiger partial charge < -0.3 is 14.2 Å². The highest BCUT2D eigenvalue weighted by Crippen LogP contribution is 2.67. The molecule has 2 spiro atoms. The van der Waals surface area contributed by atoms with Crippen molar-refractivity contribution in [3.63, 3.8) is 0 Å². The highest BCUT2D eigenvalue weighted by atomic mass is 16.3. The second kappa shape index (κ2) is 24.1. The Labute approximate surface area is 681 Å². The summed E-state index contributed by atoms with van der Waals surface area (Å²) in [4.78, 5) is 5.08. The van der Waals surface area contributed by atoms with Gasteiger partial charge in [0.05, 0.1) is 27.9 Å². The van der Waals surface area contributed by atoms with E-state index in [1.807, 2.05) is 0 Å². The van der Waals surface area contributed by atoms with E-state index in [0.29, 0.717) is 0 Å². The Kier molecular flexibility index (Phi) is 13.6. The molecule has 0 radical (unpaired) electrons. The third-order valence-corrected chi connectivity index (χ3v) is 27.7. The van der Waals surface area contributed by atoms with Gasteiger partial charge in [0, 0.05) is 61.2 Å². The van der Waals surface area contributed by atoms with Crippen LogP contribution in [0.3, 0.4) is 0 Å². The van der Waals surface area contributed by atoms with E-state index in [1.165, 1.54) is 161 Å². The van der Waals surface area contributed by atoms with Crippen LogP contribution in [0.15, 0.2) is 393 Å². The smallest absolute Gasteiger partial charge is 0.137 e. The van der Waals surface area contributed by atoms with Crippen molar-refractivity contribution in [2.45, 2.75) is 49.4 Å². The molecule has 0 saturated heterocycles. The van der Waals surface area contributed by atoms with E-state index in [-0.39, 0.29) is 10.8 Å². The average Bonchev–Trinajstić information content (AvgIpc) is 1.51. The van der Waals surface area contributed by atoms with E-state index in [9.17, 15) is 0 Å². The van der Waals surface area contributed by atoms with Gasteiger partial charge in [-0.05, 0) is 234 Å². The van der Waals surface area contributed by atoms with Crippen molar-refractivity contribution in [2.24, 2.45) is 0 Å². The molecule has 0 N–H and O–H groups in total. The molecule has 117 heavy (non-hydrogen) atoms. The van der Waals surface area contributed by atoms with Gasteiger partial charge in [-0.15, -0.1) is 0 Å². The summed E-state index contributed by atoms with van der Waals surface area (Å²) >= 11 is 0. The van der Waals surface area contributed by atoms with E-state index in [2.05, 4.69) is 426 Å². The Morgan fingerprint density at radius 2 is 0.538 bits per heavy atom. The van der Waals surface area contributed by atoms with Crippen molar-refractivity contribution >= 4 is 66.8 Å². The van der Waals surface area contributed by atoms with Crippen molar-refractivity contribution in [3.05, 3.63) is 455 Å². The van der Waals surface area contributed by atoms with Crippen LogP contribution in [0, 0.1) is 0 Å². The van der Waals surface area contributed by atoms with Crippen LogP contribution in [0.5, 0.6) is 0 Å². The molecule has 3 heteroatoms. The molecule has 548 valence electrons. The fourth-order valence-electron chi connectivity index (χ4n) is 22.9. The van der Waals surface area contributed by atoms with Crippen molar-refractivity contribution < 1.29 is 4.42 Å². The molecule has 25 rings (SSSR count). The van der Waals surface area contributed by atoms with Gasteiger partial charge in [-0.3, -0.25) is 0 Å². The highest BCUT2D eigenvalue weighted by Gasteiger charge is 2.54. The largest absolute Gasteiger partial charge is 0.456 e. The number of benzene rings is 18. The summed E-state index contributed by atoms with van der Waals surface area (Å²) in [5.41, 5.74) is 44.8. The van der Waals surface area contributed by atoms with Crippen LogP contribution in [0.4, 0.5) is 34.1 Å². The lowest BCUT2D eigenvalue weighted by Crippen LogP contribution is -2.26. The first kappa shape index (κ1) is 66.1. The first-order valence-electron chi connectivity index (χ1n) is 41.2. The van der Waals surface area contributed by atoms with Crippen LogP contribution in [-0.4, -0.2) is 0 Å². The van der Waals surface area contributed by atoms with E-state index in [1.54, 1.807) is 0 Å². The zero-order chi connectivity index (χ0) is 77.4. The Bertz CT molecular complexity index is 7500. The highest BCUT2D eigenvalue weighted by molar-refractivity contribution is 6.10. The molecule has 0 fully saturated rings. The third kappa shape index (κ3) is 8.80. The second-order valence-electron chi connectivity index (χ2n) is 33.9. The molecule has 1 heterocycles. The Morgan fingerprint density at radius 3 is 1.06 bits per heavy atom. The summed E-state index contributed by atoms with van der Waals surface area (Å²) in [5.74, 6) is 0. The first-order valence-corrected chi connectivity index (χ1v) is 41.2. The molecular formula is C114H76N2O. The minimum atomic E-state index is -0.633. The fraction of sp³-hybridized carbons (Fsp3) is 0.0702. The SMILES string of the molecule is CC1(C)c2ccccc2-c2cccc(-c3ccccc3N(c3ccc4c(c3)C3(c5ccccc5-c5ccccc53)c3ccccc3-4)c3ccc4c(c3)oc3ccc(-c5ccc6c(c5)-c5ccccc5C65c6ccccc6-c6ccc(N(c7ccccc7-c7cccc8c7C(C)(C)c7ccccc7-8)c7cccc8ccccc78)cc65)cc34)c21. The van der Waals surface area contributed by atoms with Crippen LogP contribution in [0.2, 0.25) is 0 Å². The normalized spacial score (nSPS) is 15.4. The molecule has 1 aromatic heterocycles. The van der Waals surface area contributed by atoms with Gasteiger partial charge in [-0.2, -0.15) is 0 Å². The maximum absolute atomic E-state index is 7.21. The zero-order valence-electron chi connectivity index (χ0n) is 65.3. The number of anilines is 6. The third-order valence-electron chi connectivity index (χ3n) is 27.7. The van der Waals surface area contributed by atoms with E-state index >= 15 is 0 Å². The van der Waals surface area contributed by atoms with Gasteiger partial charge >= 0.3 is 0 Å². The molecule has 1 unspecified atom stereocenters. The van der Waals surface area contributed by atoms with Crippen molar-refractivity contribution in [1.82, 2.24) is 0 Å². The monoisotopic (exact) mass is 1490 g/mol. The van der Waals surface area contributed by atoms with Gasteiger partial charge in [0.25, 0.3) is 0 Å². The van der Waals surface area contributed by atoms with E-state index in [4.69, 9.17) is 4.42 Å². The molecular weight excluding hydrogens is 1410 g/mol. The minimum Gasteiger partial charge on any atom is -0.456 e. The van der Waals surface area contributed by atoms with Crippen LogP contribution in [-0.2, 0) is 21.7 Å². The first-order chi connectivity index (χ1) is 57.6. The lowest BCUT2D eigenvalue weighted by Gasteiger charge is -2.33. The molecule has 0 saturated carbocycles.